The maximum absolute atomic E-state index is 6.02. The average molecular weight is 231 g/mol. The molecule has 0 aliphatic heterocycles. The smallest absolute Gasteiger partial charge is 0.129 e. The maximum atomic E-state index is 6.02. The first-order valence-electron chi connectivity index (χ1n) is 5.48. The normalized spacial score (nSPS) is 10.6. The van der Waals surface area contributed by atoms with E-state index in [1.807, 2.05) is 39.1 Å². The number of benzene rings is 1. The number of hydrogen-bond acceptors (Lipinski definition) is 3. The molecular weight excluding hydrogens is 214 g/mol. The van der Waals surface area contributed by atoms with E-state index in [2.05, 4.69) is 5.10 Å². The minimum atomic E-state index is 0.674. The zero-order valence-corrected chi connectivity index (χ0v) is 10.6. The molecule has 2 N–H and O–H groups in total. The predicted octanol–water partition coefficient (Wildman–Crippen LogP) is 2.29. The fourth-order valence-corrected chi connectivity index (χ4v) is 2.01. The van der Waals surface area contributed by atoms with Crippen LogP contribution >= 0.6 is 0 Å². The Bertz CT molecular complexity index is 558. The van der Waals surface area contributed by atoms with Crippen molar-refractivity contribution in [1.82, 2.24) is 9.78 Å². The Morgan fingerprint density at radius 3 is 2.53 bits per heavy atom. The van der Waals surface area contributed by atoms with Crippen LogP contribution in [0.5, 0.6) is 5.75 Å². The summed E-state index contributed by atoms with van der Waals surface area (Å²) in [6, 6.07) is 6.06. The second-order valence-electron chi connectivity index (χ2n) is 4.15. The Morgan fingerprint density at radius 1 is 1.29 bits per heavy atom. The standard InChI is InChI=1S/C13H17N3O/c1-8-5-6-10(7-11(8)17-4)12-9(2)15-16(3)13(12)14/h5-7H,14H2,1-4H3. The Balaban J connectivity index is 2.60. The number of nitrogens with two attached hydrogens (primary N) is 1. The highest BCUT2D eigenvalue weighted by Crippen LogP contribution is 2.32. The van der Waals surface area contributed by atoms with Gasteiger partial charge in [-0.15, -0.1) is 0 Å². The van der Waals surface area contributed by atoms with Crippen LogP contribution in [0.1, 0.15) is 11.3 Å². The number of aromatic nitrogens is 2. The van der Waals surface area contributed by atoms with E-state index in [-0.39, 0.29) is 0 Å². The van der Waals surface area contributed by atoms with E-state index >= 15 is 0 Å². The molecule has 0 spiro atoms. The van der Waals surface area contributed by atoms with Crippen molar-refractivity contribution in [1.29, 1.82) is 0 Å². The predicted molar refractivity (Wildman–Crippen MR) is 69.1 cm³/mol. The molecule has 17 heavy (non-hydrogen) atoms. The molecule has 90 valence electrons. The van der Waals surface area contributed by atoms with E-state index in [1.165, 1.54) is 0 Å². The summed E-state index contributed by atoms with van der Waals surface area (Å²) in [6.07, 6.45) is 0. The summed E-state index contributed by atoms with van der Waals surface area (Å²) in [5.74, 6) is 1.54. The van der Waals surface area contributed by atoms with Crippen LogP contribution in [0.4, 0.5) is 5.82 Å². The number of hydrogen-bond donors (Lipinski definition) is 1. The van der Waals surface area contributed by atoms with Crippen LogP contribution in [0.3, 0.4) is 0 Å². The lowest BCUT2D eigenvalue weighted by molar-refractivity contribution is 0.412. The summed E-state index contributed by atoms with van der Waals surface area (Å²) >= 11 is 0. The largest absolute Gasteiger partial charge is 0.496 e. The highest BCUT2D eigenvalue weighted by Gasteiger charge is 2.13. The summed E-state index contributed by atoms with van der Waals surface area (Å²) in [5, 5.41) is 4.32. The number of nitrogens with zero attached hydrogens (tertiary/aromatic N) is 2. The van der Waals surface area contributed by atoms with E-state index < -0.39 is 0 Å². The van der Waals surface area contributed by atoms with Crippen molar-refractivity contribution in [3.05, 3.63) is 29.5 Å². The van der Waals surface area contributed by atoms with Gasteiger partial charge in [-0.05, 0) is 31.0 Å². The van der Waals surface area contributed by atoms with Gasteiger partial charge in [0.25, 0.3) is 0 Å². The second kappa shape index (κ2) is 4.13. The van der Waals surface area contributed by atoms with Gasteiger partial charge in [-0.1, -0.05) is 12.1 Å². The molecule has 0 aliphatic carbocycles. The topological polar surface area (TPSA) is 53.1 Å². The minimum absolute atomic E-state index is 0.674. The van der Waals surface area contributed by atoms with Gasteiger partial charge in [0, 0.05) is 12.6 Å². The van der Waals surface area contributed by atoms with Crippen molar-refractivity contribution in [3.8, 4) is 16.9 Å². The van der Waals surface area contributed by atoms with Crippen LogP contribution in [0.25, 0.3) is 11.1 Å². The van der Waals surface area contributed by atoms with Crippen LogP contribution in [-0.2, 0) is 7.05 Å². The van der Waals surface area contributed by atoms with Gasteiger partial charge < -0.3 is 10.5 Å². The lowest BCUT2D eigenvalue weighted by Gasteiger charge is -2.08. The van der Waals surface area contributed by atoms with Crippen LogP contribution in [-0.4, -0.2) is 16.9 Å². The zero-order chi connectivity index (χ0) is 12.6. The van der Waals surface area contributed by atoms with Gasteiger partial charge in [0.2, 0.25) is 0 Å². The first-order chi connectivity index (χ1) is 8.04. The third kappa shape index (κ3) is 1.86. The van der Waals surface area contributed by atoms with E-state index in [9.17, 15) is 0 Å². The number of methoxy groups -OCH3 is 1. The molecule has 1 aromatic carbocycles. The summed E-state index contributed by atoms with van der Waals surface area (Å²) in [7, 11) is 3.52. The lowest BCUT2D eigenvalue weighted by Crippen LogP contribution is -1.98. The van der Waals surface area contributed by atoms with Crippen molar-refractivity contribution in [2.75, 3.05) is 12.8 Å². The molecule has 2 aromatic rings. The molecule has 1 aromatic heterocycles. The van der Waals surface area contributed by atoms with E-state index in [1.54, 1.807) is 11.8 Å². The molecule has 0 atom stereocenters. The highest BCUT2D eigenvalue weighted by molar-refractivity contribution is 5.77. The molecule has 0 saturated heterocycles. The Labute approximate surface area is 101 Å². The van der Waals surface area contributed by atoms with Crippen molar-refractivity contribution in [2.24, 2.45) is 7.05 Å². The number of anilines is 1. The molecule has 1 heterocycles. The van der Waals surface area contributed by atoms with Crippen molar-refractivity contribution >= 4 is 5.82 Å². The highest BCUT2D eigenvalue weighted by atomic mass is 16.5. The number of aryl methyl sites for hydroxylation is 3. The number of nitrogen functional groups attached to an aromatic ring is 1. The third-order valence-electron chi connectivity index (χ3n) is 2.96. The summed E-state index contributed by atoms with van der Waals surface area (Å²) < 4.78 is 7.02. The molecule has 0 saturated carbocycles. The Morgan fingerprint density at radius 2 is 2.00 bits per heavy atom. The maximum Gasteiger partial charge on any atom is 0.129 e. The van der Waals surface area contributed by atoms with Crippen molar-refractivity contribution in [3.63, 3.8) is 0 Å². The molecule has 0 fully saturated rings. The second-order valence-corrected chi connectivity index (χ2v) is 4.15. The first-order valence-corrected chi connectivity index (χ1v) is 5.48. The van der Waals surface area contributed by atoms with Crippen LogP contribution in [0.15, 0.2) is 18.2 Å². The van der Waals surface area contributed by atoms with Gasteiger partial charge in [-0.3, -0.25) is 4.68 Å². The Kier molecular flexibility index (Phi) is 2.79. The molecule has 4 nitrogen and oxygen atoms in total. The first kappa shape index (κ1) is 11.5. The van der Waals surface area contributed by atoms with Crippen LogP contribution in [0, 0.1) is 13.8 Å². The quantitative estimate of drug-likeness (QED) is 0.862. The zero-order valence-electron chi connectivity index (χ0n) is 10.6. The molecule has 2 rings (SSSR count). The van der Waals surface area contributed by atoms with Crippen LogP contribution in [0.2, 0.25) is 0 Å². The van der Waals surface area contributed by atoms with E-state index in [4.69, 9.17) is 10.5 Å². The number of ether oxygens (including phenoxy) is 1. The number of rotatable bonds is 2. The van der Waals surface area contributed by atoms with E-state index in [0.29, 0.717) is 5.82 Å². The van der Waals surface area contributed by atoms with Gasteiger partial charge in [-0.2, -0.15) is 5.10 Å². The third-order valence-corrected chi connectivity index (χ3v) is 2.96. The monoisotopic (exact) mass is 231 g/mol. The van der Waals surface area contributed by atoms with Gasteiger partial charge in [0.15, 0.2) is 0 Å². The molecule has 0 amide bonds. The summed E-state index contributed by atoms with van der Waals surface area (Å²) in [4.78, 5) is 0. The van der Waals surface area contributed by atoms with Gasteiger partial charge in [0.1, 0.15) is 11.6 Å². The average Bonchev–Trinajstić information content (AvgIpc) is 2.55. The fraction of sp³-hybridized carbons (Fsp3) is 0.308. The molecule has 0 bridgehead atoms. The molecule has 0 radical (unpaired) electrons. The molecule has 4 heteroatoms. The van der Waals surface area contributed by atoms with Crippen molar-refractivity contribution < 1.29 is 4.74 Å². The molecule has 0 unspecified atom stereocenters. The fourth-order valence-electron chi connectivity index (χ4n) is 2.01. The summed E-state index contributed by atoms with van der Waals surface area (Å²) in [6.45, 7) is 3.97. The molecule has 0 aliphatic rings. The minimum Gasteiger partial charge on any atom is -0.496 e. The van der Waals surface area contributed by atoms with Gasteiger partial charge >= 0.3 is 0 Å². The van der Waals surface area contributed by atoms with Gasteiger partial charge in [-0.25, -0.2) is 0 Å². The summed E-state index contributed by atoms with van der Waals surface area (Å²) in [5.41, 5.74) is 10.1. The van der Waals surface area contributed by atoms with E-state index in [0.717, 1.165) is 28.1 Å². The van der Waals surface area contributed by atoms with Crippen LogP contribution < -0.4 is 10.5 Å². The SMILES string of the molecule is COc1cc(-c2c(C)nn(C)c2N)ccc1C. The van der Waals surface area contributed by atoms with Crippen molar-refractivity contribution in [2.45, 2.75) is 13.8 Å². The lowest BCUT2D eigenvalue weighted by atomic mass is 10.0. The molecular formula is C13H17N3O. The van der Waals surface area contributed by atoms with Gasteiger partial charge in [0.05, 0.1) is 12.8 Å². The Hall–Kier alpha value is -1.97.